The first-order chi connectivity index (χ1) is 22.8. The molecule has 9 aromatic rings. The normalized spacial score (nSPS) is 11.5. The minimum atomic E-state index is 0.651. The van der Waals surface area contributed by atoms with Crippen LogP contribution in [0, 0.1) is 0 Å². The van der Waals surface area contributed by atoms with Crippen LogP contribution in [0.4, 0.5) is 0 Å². The number of rotatable bonds is 5. The maximum Gasteiger partial charge on any atom is 0.164 e. The minimum Gasteiger partial charge on any atom is -0.264 e. The summed E-state index contributed by atoms with van der Waals surface area (Å²) in [4.78, 5) is 24.2. The fourth-order valence-electron chi connectivity index (χ4n) is 6.42. The predicted octanol–water partition coefficient (Wildman–Crippen LogP) is 9.89. The van der Waals surface area contributed by atoms with Crippen LogP contribution in [-0.2, 0) is 0 Å². The van der Waals surface area contributed by atoms with Crippen LogP contribution in [0.1, 0.15) is 0 Å². The summed E-state index contributed by atoms with van der Waals surface area (Å²) >= 11 is 0. The van der Waals surface area contributed by atoms with Crippen LogP contribution in [0.2, 0.25) is 0 Å². The molecule has 0 saturated heterocycles. The third kappa shape index (κ3) is 4.37. The zero-order chi connectivity index (χ0) is 30.5. The summed E-state index contributed by atoms with van der Waals surface area (Å²) in [6.07, 6.45) is 5.58. The molecule has 214 valence electrons. The molecule has 5 nitrogen and oxygen atoms in total. The van der Waals surface area contributed by atoms with Gasteiger partial charge in [-0.05, 0) is 50.5 Å². The van der Waals surface area contributed by atoms with Crippen LogP contribution < -0.4 is 0 Å². The Labute approximate surface area is 265 Å². The number of hydrogen-bond acceptors (Lipinski definition) is 5. The molecule has 6 aromatic carbocycles. The lowest BCUT2D eigenvalue weighted by Gasteiger charge is -2.17. The van der Waals surface area contributed by atoms with E-state index in [9.17, 15) is 0 Å². The second kappa shape index (κ2) is 10.7. The number of benzene rings is 6. The van der Waals surface area contributed by atoms with E-state index in [-0.39, 0.29) is 0 Å². The van der Waals surface area contributed by atoms with Crippen molar-refractivity contribution in [2.75, 3.05) is 0 Å². The summed E-state index contributed by atoms with van der Waals surface area (Å²) in [7, 11) is 0. The minimum absolute atomic E-state index is 0.651. The lowest BCUT2D eigenvalue weighted by molar-refractivity contribution is 1.08. The van der Waals surface area contributed by atoms with Crippen LogP contribution >= 0.6 is 0 Å². The van der Waals surface area contributed by atoms with Crippen LogP contribution in [0.15, 0.2) is 152 Å². The topological polar surface area (TPSA) is 64.5 Å². The van der Waals surface area contributed by atoms with Crippen molar-refractivity contribution in [3.63, 3.8) is 0 Å². The monoisotopic (exact) mass is 587 g/mol. The highest BCUT2D eigenvalue weighted by Gasteiger charge is 2.19. The van der Waals surface area contributed by atoms with E-state index in [1.54, 1.807) is 6.20 Å². The van der Waals surface area contributed by atoms with E-state index in [2.05, 4.69) is 71.7 Å². The molecule has 0 aliphatic carbocycles. The van der Waals surface area contributed by atoms with Gasteiger partial charge >= 0.3 is 0 Å². The Bertz CT molecular complexity index is 2440. The van der Waals surface area contributed by atoms with Gasteiger partial charge in [-0.25, -0.2) is 15.0 Å². The summed E-state index contributed by atoms with van der Waals surface area (Å²) in [5, 5.41) is 7.00. The van der Waals surface area contributed by atoms with Crippen molar-refractivity contribution in [2.24, 2.45) is 0 Å². The Morgan fingerprint density at radius 3 is 1.74 bits per heavy atom. The Kier molecular flexibility index (Phi) is 6.06. The molecular formula is C41H25N5. The quantitative estimate of drug-likeness (QED) is 0.188. The van der Waals surface area contributed by atoms with Gasteiger partial charge < -0.3 is 0 Å². The molecular weight excluding hydrogens is 562 g/mol. The average molecular weight is 588 g/mol. The largest absolute Gasteiger partial charge is 0.264 e. The standard InChI is InChI=1S/C41H25N5/c1-3-9-27(10-4-1)39-44-40(28-11-5-2-6-12-28)46-41(45-39)35-23-29-17-19-32(34-20-16-26-13-7-15-33(35)37(26)38(29)34)36-21-18-31(25-43-36)30-14-8-22-42-24-30/h1-25H. The fourth-order valence-corrected chi connectivity index (χ4v) is 6.42. The van der Waals surface area contributed by atoms with Crippen molar-refractivity contribution in [1.82, 2.24) is 24.9 Å². The van der Waals surface area contributed by atoms with Crippen molar-refractivity contribution < 1.29 is 0 Å². The van der Waals surface area contributed by atoms with Gasteiger partial charge in [0.1, 0.15) is 0 Å². The summed E-state index contributed by atoms with van der Waals surface area (Å²) in [6, 6.07) is 45.9. The van der Waals surface area contributed by atoms with E-state index in [4.69, 9.17) is 19.9 Å². The van der Waals surface area contributed by atoms with Crippen molar-refractivity contribution in [2.45, 2.75) is 0 Å². The van der Waals surface area contributed by atoms with E-state index in [1.165, 1.54) is 21.5 Å². The first-order valence-electron chi connectivity index (χ1n) is 15.2. The summed E-state index contributed by atoms with van der Waals surface area (Å²) in [5.41, 5.74) is 7.01. The number of hydrogen-bond donors (Lipinski definition) is 0. The highest BCUT2D eigenvalue weighted by Crippen LogP contribution is 2.43. The SMILES string of the molecule is c1ccc(-c2nc(-c3ccccc3)nc(-c3cc4ccc(-c5ccc(-c6cccnc6)cn5)c5ccc6cccc3c6c45)n2)cc1. The molecule has 0 radical (unpaired) electrons. The smallest absolute Gasteiger partial charge is 0.164 e. The molecule has 46 heavy (non-hydrogen) atoms. The van der Waals surface area contributed by atoms with E-state index in [0.717, 1.165) is 49.8 Å². The van der Waals surface area contributed by atoms with Crippen LogP contribution in [0.5, 0.6) is 0 Å². The summed E-state index contributed by atoms with van der Waals surface area (Å²) < 4.78 is 0. The van der Waals surface area contributed by atoms with Gasteiger partial charge in [0, 0.05) is 52.0 Å². The first kappa shape index (κ1) is 26.1. The van der Waals surface area contributed by atoms with Crippen molar-refractivity contribution in [3.8, 4) is 56.5 Å². The van der Waals surface area contributed by atoms with Crippen molar-refractivity contribution in [3.05, 3.63) is 152 Å². The van der Waals surface area contributed by atoms with Crippen molar-refractivity contribution >= 4 is 32.3 Å². The lowest BCUT2D eigenvalue weighted by Crippen LogP contribution is -2.01. The average Bonchev–Trinajstić information content (AvgIpc) is 3.14. The first-order valence-corrected chi connectivity index (χ1v) is 15.2. The van der Waals surface area contributed by atoms with Gasteiger partial charge in [-0.1, -0.05) is 115 Å². The van der Waals surface area contributed by atoms with Gasteiger partial charge in [0.15, 0.2) is 17.5 Å². The molecule has 0 saturated carbocycles. The second-order valence-corrected chi connectivity index (χ2v) is 11.4. The predicted molar refractivity (Wildman–Crippen MR) is 186 cm³/mol. The molecule has 0 unspecified atom stereocenters. The van der Waals surface area contributed by atoms with Crippen LogP contribution in [-0.4, -0.2) is 24.9 Å². The van der Waals surface area contributed by atoms with Gasteiger partial charge in [0.05, 0.1) is 5.69 Å². The maximum atomic E-state index is 5.07. The molecule has 0 spiro atoms. The van der Waals surface area contributed by atoms with E-state index in [1.807, 2.05) is 79.1 Å². The molecule has 0 fully saturated rings. The molecule has 0 bridgehead atoms. The van der Waals surface area contributed by atoms with Gasteiger partial charge in [0.25, 0.3) is 0 Å². The van der Waals surface area contributed by atoms with E-state index >= 15 is 0 Å². The molecule has 0 amide bonds. The molecule has 0 aliphatic heterocycles. The second-order valence-electron chi connectivity index (χ2n) is 11.4. The highest BCUT2D eigenvalue weighted by atomic mass is 15.0. The Hall–Kier alpha value is -6.33. The molecule has 9 rings (SSSR count). The fraction of sp³-hybridized carbons (Fsp3) is 0. The van der Waals surface area contributed by atoms with Gasteiger partial charge in [-0.15, -0.1) is 0 Å². The Morgan fingerprint density at radius 1 is 0.391 bits per heavy atom. The molecule has 3 aromatic heterocycles. The number of pyridine rings is 2. The molecule has 5 heteroatoms. The highest BCUT2D eigenvalue weighted by molar-refractivity contribution is 6.28. The number of aromatic nitrogens is 5. The van der Waals surface area contributed by atoms with E-state index in [0.29, 0.717) is 17.5 Å². The lowest BCUT2D eigenvalue weighted by atomic mass is 9.88. The summed E-state index contributed by atoms with van der Waals surface area (Å²) in [5.74, 6) is 1.95. The summed E-state index contributed by atoms with van der Waals surface area (Å²) in [6.45, 7) is 0. The zero-order valence-electron chi connectivity index (χ0n) is 24.7. The third-order valence-electron chi connectivity index (χ3n) is 8.62. The van der Waals surface area contributed by atoms with Gasteiger partial charge in [0.2, 0.25) is 0 Å². The Morgan fingerprint density at radius 2 is 1.04 bits per heavy atom. The van der Waals surface area contributed by atoms with Gasteiger partial charge in [-0.3, -0.25) is 9.97 Å². The maximum absolute atomic E-state index is 5.07. The molecule has 0 N–H and O–H groups in total. The third-order valence-corrected chi connectivity index (χ3v) is 8.62. The molecule has 0 atom stereocenters. The Balaban J connectivity index is 1.26. The zero-order valence-corrected chi connectivity index (χ0v) is 24.7. The van der Waals surface area contributed by atoms with E-state index < -0.39 is 0 Å². The van der Waals surface area contributed by atoms with Gasteiger partial charge in [-0.2, -0.15) is 0 Å². The molecule has 3 heterocycles. The van der Waals surface area contributed by atoms with Crippen molar-refractivity contribution in [1.29, 1.82) is 0 Å². The van der Waals surface area contributed by atoms with Crippen LogP contribution in [0.3, 0.4) is 0 Å². The van der Waals surface area contributed by atoms with Crippen LogP contribution in [0.25, 0.3) is 88.9 Å². The number of nitrogens with zero attached hydrogens (tertiary/aromatic N) is 5. The molecule has 0 aliphatic rings.